The highest BCUT2D eigenvalue weighted by Crippen LogP contribution is 2.19. The van der Waals surface area contributed by atoms with Crippen molar-refractivity contribution in [2.75, 3.05) is 32.8 Å². The number of hydrogen-bond donors (Lipinski definition) is 1. The lowest BCUT2D eigenvalue weighted by molar-refractivity contribution is -0.153. The van der Waals surface area contributed by atoms with E-state index < -0.39 is 11.9 Å². The molecule has 0 spiro atoms. The van der Waals surface area contributed by atoms with Crippen molar-refractivity contribution >= 4 is 11.9 Å². The maximum absolute atomic E-state index is 12.4. The van der Waals surface area contributed by atoms with Crippen LogP contribution in [0.1, 0.15) is 24.0 Å². The number of piperazine rings is 1. The van der Waals surface area contributed by atoms with Gasteiger partial charge in [0.05, 0.1) is 5.92 Å². The number of amides is 1. The molecular formula is C22H26N2O4. The molecule has 28 heavy (non-hydrogen) atoms. The van der Waals surface area contributed by atoms with Crippen LogP contribution in [0.2, 0.25) is 0 Å². The number of carbonyl (C=O) groups excluding carboxylic acids is 2. The number of nitrogens with zero attached hydrogens (tertiary/aromatic N) is 2. The standard InChI is InChI=1S/C22H26N2O4/c1-17(19-7-9-20(25)10-8-19)22(27)28-16-21(26)24-13-11-23(12-14-24)15-18-5-3-2-4-6-18/h2-10,17,25H,11-16H2,1H3. The fourth-order valence-electron chi connectivity index (χ4n) is 3.25. The molecule has 6 heteroatoms. The van der Waals surface area contributed by atoms with Crippen LogP contribution >= 0.6 is 0 Å². The van der Waals surface area contributed by atoms with E-state index in [2.05, 4.69) is 17.0 Å². The summed E-state index contributed by atoms with van der Waals surface area (Å²) >= 11 is 0. The molecule has 0 aromatic heterocycles. The Kier molecular flexibility index (Phi) is 6.66. The van der Waals surface area contributed by atoms with E-state index in [4.69, 9.17) is 4.74 Å². The maximum atomic E-state index is 12.4. The average molecular weight is 382 g/mol. The smallest absolute Gasteiger partial charge is 0.313 e. The summed E-state index contributed by atoms with van der Waals surface area (Å²) in [5.74, 6) is -0.950. The zero-order valence-electron chi connectivity index (χ0n) is 16.1. The Labute approximate surface area is 165 Å². The molecule has 1 unspecified atom stereocenters. The first kappa shape index (κ1) is 19.9. The van der Waals surface area contributed by atoms with Gasteiger partial charge < -0.3 is 14.7 Å². The third-order valence-corrected chi connectivity index (χ3v) is 5.06. The number of phenolic OH excluding ortho intramolecular Hbond substituents is 1. The molecule has 1 fully saturated rings. The number of esters is 1. The summed E-state index contributed by atoms with van der Waals surface area (Å²) in [6.07, 6.45) is 0. The van der Waals surface area contributed by atoms with Crippen LogP contribution in [0.4, 0.5) is 0 Å². The fourth-order valence-corrected chi connectivity index (χ4v) is 3.25. The zero-order chi connectivity index (χ0) is 19.9. The van der Waals surface area contributed by atoms with Gasteiger partial charge in [-0.2, -0.15) is 0 Å². The number of rotatable bonds is 6. The number of aromatic hydroxyl groups is 1. The molecular weight excluding hydrogens is 356 g/mol. The van der Waals surface area contributed by atoms with Gasteiger partial charge >= 0.3 is 5.97 Å². The van der Waals surface area contributed by atoms with Crippen LogP contribution in [0.15, 0.2) is 54.6 Å². The number of carbonyl (C=O) groups is 2. The summed E-state index contributed by atoms with van der Waals surface area (Å²) in [6.45, 7) is 5.24. The van der Waals surface area contributed by atoms with Crippen LogP contribution in [-0.4, -0.2) is 59.6 Å². The predicted molar refractivity (Wildman–Crippen MR) is 106 cm³/mol. The second kappa shape index (κ2) is 9.37. The van der Waals surface area contributed by atoms with Crippen LogP contribution < -0.4 is 0 Å². The molecule has 1 aliphatic heterocycles. The second-order valence-corrected chi connectivity index (χ2v) is 7.06. The summed E-state index contributed by atoms with van der Waals surface area (Å²) in [5, 5.41) is 9.33. The van der Waals surface area contributed by atoms with E-state index in [-0.39, 0.29) is 18.3 Å². The van der Waals surface area contributed by atoms with Gasteiger partial charge in [0, 0.05) is 32.7 Å². The first-order chi connectivity index (χ1) is 13.5. The number of ether oxygens (including phenoxy) is 1. The number of phenols is 1. The summed E-state index contributed by atoms with van der Waals surface area (Å²) in [5.41, 5.74) is 2.00. The van der Waals surface area contributed by atoms with E-state index in [1.54, 1.807) is 24.0 Å². The number of hydrogen-bond acceptors (Lipinski definition) is 5. The van der Waals surface area contributed by atoms with Crippen molar-refractivity contribution in [3.05, 3.63) is 65.7 Å². The molecule has 1 N–H and O–H groups in total. The quantitative estimate of drug-likeness (QED) is 0.777. The van der Waals surface area contributed by atoms with Gasteiger partial charge in [-0.15, -0.1) is 0 Å². The molecule has 1 atom stereocenters. The maximum Gasteiger partial charge on any atom is 0.313 e. The Balaban J connectivity index is 1.41. The molecule has 0 radical (unpaired) electrons. The minimum absolute atomic E-state index is 0.144. The van der Waals surface area contributed by atoms with Crippen molar-refractivity contribution in [2.24, 2.45) is 0 Å². The molecule has 2 aromatic rings. The molecule has 1 amide bonds. The molecule has 0 bridgehead atoms. The van der Waals surface area contributed by atoms with Crippen molar-refractivity contribution in [3.63, 3.8) is 0 Å². The van der Waals surface area contributed by atoms with Crippen molar-refractivity contribution in [3.8, 4) is 5.75 Å². The minimum Gasteiger partial charge on any atom is -0.508 e. The van der Waals surface area contributed by atoms with Gasteiger partial charge in [-0.3, -0.25) is 14.5 Å². The molecule has 148 valence electrons. The van der Waals surface area contributed by atoms with E-state index in [0.717, 1.165) is 25.2 Å². The summed E-state index contributed by atoms with van der Waals surface area (Å²) in [6, 6.07) is 16.7. The first-order valence-electron chi connectivity index (χ1n) is 9.52. The minimum atomic E-state index is -0.490. The van der Waals surface area contributed by atoms with Crippen LogP contribution in [0, 0.1) is 0 Å². The molecule has 6 nitrogen and oxygen atoms in total. The van der Waals surface area contributed by atoms with Gasteiger partial charge in [0.25, 0.3) is 5.91 Å². The summed E-state index contributed by atoms with van der Waals surface area (Å²) < 4.78 is 5.22. The van der Waals surface area contributed by atoms with Crippen molar-refractivity contribution in [1.29, 1.82) is 0 Å². The van der Waals surface area contributed by atoms with Gasteiger partial charge in [0.15, 0.2) is 6.61 Å². The van der Waals surface area contributed by atoms with Crippen LogP contribution in [0.5, 0.6) is 5.75 Å². The highest BCUT2D eigenvalue weighted by molar-refractivity contribution is 5.83. The van der Waals surface area contributed by atoms with Gasteiger partial charge in [0.2, 0.25) is 0 Å². The van der Waals surface area contributed by atoms with Gasteiger partial charge in [-0.1, -0.05) is 42.5 Å². The van der Waals surface area contributed by atoms with E-state index in [1.165, 1.54) is 17.7 Å². The summed E-state index contributed by atoms with van der Waals surface area (Å²) in [7, 11) is 0. The third kappa shape index (κ3) is 5.33. The van der Waals surface area contributed by atoms with Crippen LogP contribution in [0.3, 0.4) is 0 Å². The lowest BCUT2D eigenvalue weighted by Crippen LogP contribution is -2.49. The van der Waals surface area contributed by atoms with Crippen molar-refractivity contribution < 1.29 is 19.4 Å². The molecule has 1 aliphatic rings. The normalized spacial score (nSPS) is 15.8. The van der Waals surface area contributed by atoms with E-state index in [9.17, 15) is 14.7 Å². The highest BCUT2D eigenvalue weighted by Gasteiger charge is 2.23. The monoisotopic (exact) mass is 382 g/mol. The largest absolute Gasteiger partial charge is 0.508 e. The average Bonchev–Trinajstić information content (AvgIpc) is 2.73. The van der Waals surface area contributed by atoms with E-state index in [0.29, 0.717) is 13.1 Å². The molecule has 1 saturated heterocycles. The lowest BCUT2D eigenvalue weighted by Gasteiger charge is -2.34. The Hall–Kier alpha value is -2.86. The van der Waals surface area contributed by atoms with Crippen LogP contribution in [-0.2, 0) is 20.9 Å². The summed E-state index contributed by atoms with van der Waals surface area (Å²) in [4.78, 5) is 28.6. The number of benzene rings is 2. The first-order valence-corrected chi connectivity index (χ1v) is 9.52. The van der Waals surface area contributed by atoms with E-state index >= 15 is 0 Å². The molecule has 0 aliphatic carbocycles. The predicted octanol–water partition coefficient (Wildman–Crippen LogP) is 2.38. The van der Waals surface area contributed by atoms with Gasteiger partial charge in [-0.25, -0.2) is 0 Å². The zero-order valence-corrected chi connectivity index (χ0v) is 16.1. The molecule has 0 saturated carbocycles. The van der Waals surface area contributed by atoms with Crippen molar-refractivity contribution in [2.45, 2.75) is 19.4 Å². The Morgan fingerprint density at radius 2 is 1.64 bits per heavy atom. The SMILES string of the molecule is CC(C(=O)OCC(=O)N1CCN(Cc2ccccc2)CC1)c1ccc(O)cc1. The highest BCUT2D eigenvalue weighted by atomic mass is 16.5. The Bertz CT molecular complexity index is 784. The molecule has 2 aromatic carbocycles. The topological polar surface area (TPSA) is 70.1 Å². The second-order valence-electron chi connectivity index (χ2n) is 7.06. The fraction of sp³-hybridized carbons (Fsp3) is 0.364. The van der Waals surface area contributed by atoms with Gasteiger partial charge in [-0.05, 0) is 30.2 Å². The Morgan fingerprint density at radius 1 is 1.00 bits per heavy atom. The van der Waals surface area contributed by atoms with E-state index in [1.807, 2.05) is 18.2 Å². The molecule has 1 heterocycles. The Morgan fingerprint density at radius 3 is 2.29 bits per heavy atom. The van der Waals surface area contributed by atoms with Crippen LogP contribution in [0.25, 0.3) is 0 Å². The molecule has 3 rings (SSSR count). The van der Waals surface area contributed by atoms with Gasteiger partial charge in [0.1, 0.15) is 5.75 Å². The van der Waals surface area contributed by atoms with Crippen molar-refractivity contribution in [1.82, 2.24) is 9.80 Å². The lowest BCUT2D eigenvalue weighted by atomic mass is 10.0. The third-order valence-electron chi connectivity index (χ3n) is 5.06.